The first-order valence-electron chi connectivity index (χ1n) is 7.97. The number of carbonyl (C=O) groups is 1. The van der Waals surface area contributed by atoms with Crippen LogP contribution < -0.4 is 10.1 Å². The molecular weight excluding hydrogens is 370 g/mol. The fraction of sp³-hybridized carbons (Fsp3) is 0.158. The fourth-order valence-electron chi connectivity index (χ4n) is 2.34. The Morgan fingerprint density at radius 3 is 2.73 bits per heavy atom. The van der Waals surface area contributed by atoms with E-state index in [0.717, 1.165) is 16.6 Å². The summed E-state index contributed by atoms with van der Waals surface area (Å²) in [5.41, 5.74) is 1.63. The van der Waals surface area contributed by atoms with Gasteiger partial charge in [0.15, 0.2) is 5.16 Å². The molecule has 1 atom stereocenters. The van der Waals surface area contributed by atoms with E-state index in [9.17, 15) is 4.79 Å². The second-order valence-corrected chi connectivity index (χ2v) is 7.28. The third-order valence-electron chi connectivity index (χ3n) is 3.70. The minimum absolute atomic E-state index is 0.110. The number of aromatic nitrogens is 2. The van der Waals surface area contributed by atoms with Crippen LogP contribution in [0.5, 0.6) is 5.75 Å². The Hall–Kier alpha value is -2.44. The van der Waals surface area contributed by atoms with E-state index in [1.54, 1.807) is 37.6 Å². The Bertz CT molecular complexity index is 896. The number of imidazole rings is 1. The molecule has 0 saturated carbocycles. The van der Waals surface area contributed by atoms with Crippen molar-refractivity contribution in [2.45, 2.75) is 17.3 Å². The summed E-state index contributed by atoms with van der Waals surface area (Å²) in [6, 6.07) is 14.8. The smallest absolute Gasteiger partial charge is 0.237 e. The quantitative estimate of drug-likeness (QED) is 0.625. The molecule has 7 heteroatoms. The SMILES string of the molecule is COc1ccc(-n2ccnc2SC(C)C(=O)Nc2cccc(Cl)c2)cc1. The number of amides is 1. The highest BCUT2D eigenvalue weighted by atomic mass is 35.5. The Morgan fingerprint density at radius 2 is 2.04 bits per heavy atom. The molecule has 26 heavy (non-hydrogen) atoms. The fourth-order valence-corrected chi connectivity index (χ4v) is 3.41. The van der Waals surface area contributed by atoms with Crippen LogP contribution in [0.25, 0.3) is 5.69 Å². The van der Waals surface area contributed by atoms with Crippen LogP contribution >= 0.6 is 23.4 Å². The molecule has 5 nitrogen and oxygen atoms in total. The van der Waals surface area contributed by atoms with E-state index in [2.05, 4.69) is 10.3 Å². The normalized spacial score (nSPS) is 11.8. The Labute approximate surface area is 161 Å². The lowest BCUT2D eigenvalue weighted by Gasteiger charge is -2.13. The Kier molecular flexibility index (Phi) is 5.85. The van der Waals surface area contributed by atoms with Gasteiger partial charge in [0.2, 0.25) is 5.91 Å². The monoisotopic (exact) mass is 387 g/mol. The van der Waals surface area contributed by atoms with Crippen molar-refractivity contribution in [3.63, 3.8) is 0 Å². The maximum absolute atomic E-state index is 12.5. The number of carbonyl (C=O) groups excluding carboxylic acids is 1. The molecular formula is C19H18ClN3O2S. The number of methoxy groups -OCH3 is 1. The van der Waals surface area contributed by atoms with E-state index in [0.29, 0.717) is 10.7 Å². The number of nitrogens with zero attached hydrogens (tertiary/aromatic N) is 2. The molecule has 0 aliphatic heterocycles. The molecule has 0 aliphatic rings. The average molecular weight is 388 g/mol. The number of halogens is 1. The Balaban J connectivity index is 1.70. The molecule has 1 amide bonds. The largest absolute Gasteiger partial charge is 0.497 e. The van der Waals surface area contributed by atoms with Crippen LogP contribution in [0.2, 0.25) is 5.02 Å². The van der Waals surface area contributed by atoms with Crippen molar-refractivity contribution in [3.8, 4) is 11.4 Å². The second kappa shape index (κ2) is 8.29. The van der Waals surface area contributed by atoms with Gasteiger partial charge in [0.25, 0.3) is 0 Å². The number of hydrogen-bond acceptors (Lipinski definition) is 4. The first-order valence-corrected chi connectivity index (χ1v) is 9.23. The van der Waals surface area contributed by atoms with Crippen LogP contribution in [0, 0.1) is 0 Å². The molecule has 3 aromatic rings. The van der Waals surface area contributed by atoms with Crippen LogP contribution in [0.15, 0.2) is 66.1 Å². The van der Waals surface area contributed by atoms with Gasteiger partial charge in [0, 0.05) is 28.8 Å². The lowest BCUT2D eigenvalue weighted by molar-refractivity contribution is -0.115. The third-order valence-corrected chi connectivity index (χ3v) is 5.02. The zero-order valence-electron chi connectivity index (χ0n) is 14.3. The molecule has 0 fully saturated rings. The molecule has 1 N–H and O–H groups in total. The number of nitrogens with one attached hydrogen (secondary N) is 1. The highest BCUT2D eigenvalue weighted by molar-refractivity contribution is 8.00. The summed E-state index contributed by atoms with van der Waals surface area (Å²) in [6.45, 7) is 1.84. The number of hydrogen-bond donors (Lipinski definition) is 1. The van der Waals surface area contributed by atoms with Crippen molar-refractivity contribution in [1.82, 2.24) is 9.55 Å². The van der Waals surface area contributed by atoms with Crippen molar-refractivity contribution < 1.29 is 9.53 Å². The van der Waals surface area contributed by atoms with Crippen LogP contribution in [0.3, 0.4) is 0 Å². The molecule has 1 unspecified atom stereocenters. The lowest BCUT2D eigenvalue weighted by atomic mass is 10.3. The van der Waals surface area contributed by atoms with Gasteiger partial charge in [-0.25, -0.2) is 4.98 Å². The van der Waals surface area contributed by atoms with Gasteiger partial charge in [0.1, 0.15) is 5.75 Å². The standard InChI is InChI=1S/C19H18ClN3O2S/c1-13(18(24)22-15-5-3-4-14(20)12-15)26-19-21-10-11-23(19)16-6-8-17(25-2)9-7-16/h3-13H,1-2H3,(H,22,24). The van der Waals surface area contributed by atoms with E-state index >= 15 is 0 Å². The molecule has 1 heterocycles. The summed E-state index contributed by atoms with van der Waals surface area (Å²) in [7, 11) is 1.63. The molecule has 1 aromatic heterocycles. The molecule has 134 valence electrons. The average Bonchev–Trinajstić information content (AvgIpc) is 3.10. The Morgan fingerprint density at radius 1 is 1.27 bits per heavy atom. The van der Waals surface area contributed by atoms with Gasteiger partial charge in [-0.2, -0.15) is 0 Å². The van der Waals surface area contributed by atoms with Crippen LogP contribution in [0.1, 0.15) is 6.92 Å². The third kappa shape index (κ3) is 4.39. The van der Waals surface area contributed by atoms with Gasteiger partial charge in [-0.1, -0.05) is 29.4 Å². The van der Waals surface area contributed by atoms with Gasteiger partial charge in [-0.05, 0) is 49.4 Å². The summed E-state index contributed by atoms with van der Waals surface area (Å²) < 4.78 is 7.12. The number of thioether (sulfide) groups is 1. The number of rotatable bonds is 6. The molecule has 3 rings (SSSR count). The molecule has 0 aliphatic carbocycles. The van der Waals surface area contributed by atoms with E-state index < -0.39 is 0 Å². The highest BCUT2D eigenvalue weighted by Crippen LogP contribution is 2.26. The van der Waals surface area contributed by atoms with Gasteiger partial charge < -0.3 is 10.1 Å². The van der Waals surface area contributed by atoms with Crippen molar-refractivity contribution in [2.24, 2.45) is 0 Å². The van der Waals surface area contributed by atoms with Crippen LogP contribution in [0.4, 0.5) is 5.69 Å². The molecule has 0 bridgehead atoms. The van der Waals surface area contributed by atoms with Gasteiger partial charge >= 0.3 is 0 Å². The maximum atomic E-state index is 12.5. The van der Waals surface area contributed by atoms with E-state index in [1.807, 2.05) is 42.0 Å². The van der Waals surface area contributed by atoms with Crippen LogP contribution in [-0.4, -0.2) is 27.8 Å². The number of ether oxygens (including phenoxy) is 1. The van der Waals surface area contributed by atoms with Crippen molar-refractivity contribution >= 4 is 35.0 Å². The summed E-state index contributed by atoms with van der Waals surface area (Å²) >= 11 is 7.34. The molecule has 0 saturated heterocycles. The second-order valence-electron chi connectivity index (χ2n) is 5.54. The van der Waals surface area contributed by atoms with Gasteiger partial charge in [0.05, 0.1) is 12.4 Å². The van der Waals surface area contributed by atoms with E-state index in [4.69, 9.17) is 16.3 Å². The van der Waals surface area contributed by atoms with Crippen molar-refractivity contribution in [2.75, 3.05) is 12.4 Å². The lowest BCUT2D eigenvalue weighted by Crippen LogP contribution is -2.22. The predicted molar refractivity (Wildman–Crippen MR) is 106 cm³/mol. The van der Waals surface area contributed by atoms with E-state index in [1.165, 1.54) is 11.8 Å². The first kappa shape index (κ1) is 18.4. The van der Waals surface area contributed by atoms with Gasteiger partial charge in [-0.3, -0.25) is 9.36 Å². The summed E-state index contributed by atoms with van der Waals surface area (Å²) in [5, 5.41) is 3.87. The van der Waals surface area contributed by atoms with Gasteiger partial charge in [-0.15, -0.1) is 0 Å². The first-order chi connectivity index (χ1) is 12.6. The topological polar surface area (TPSA) is 56.2 Å². The van der Waals surface area contributed by atoms with Crippen molar-refractivity contribution in [3.05, 3.63) is 65.9 Å². The molecule has 2 aromatic carbocycles. The predicted octanol–water partition coefficient (Wildman–Crippen LogP) is 4.65. The summed E-state index contributed by atoms with van der Waals surface area (Å²) in [4.78, 5) is 16.8. The summed E-state index contributed by atoms with van der Waals surface area (Å²) in [5.74, 6) is 0.680. The highest BCUT2D eigenvalue weighted by Gasteiger charge is 2.18. The minimum Gasteiger partial charge on any atom is -0.497 e. The maximum Gasteiger partial charge on any atom is 0.237 e. The molecule has 0 radical (unpaired) electrons. The molecule has 0 spiro atoms. The number of benzene rings is 2. The van der Waals surface area contributed by atoms with Crippen LogP contribution in [-0.2, 0) is 4.79 Å². The minimum atomic E-state index is -0.326. The summed E-state index contributed by atoms with van der Waals surface area (Å²) in [6.07, 6.45) is 3.58. The zero-order valence-corrected chi connectivity index (χ0v) is 15.9. The van der Waals surface area contributed by atoms with E-state index in [-0.39, 0.29) is 11.2 Å². The number of anilines is 1. The zero-order chi connectivity index (χ0) is 18.5. The van der Waals surface area contributed by atoms with Crippen molar-refractivity contribution in [1.29, 1.82) is 0 Å².